The Morgan fingerprint density at radius 2 is 1.28 bits per heavy atom. The molecule has 0 radical (unpaired) electrons. The highest BCUT2D eigenvalue weighted by molar-refractivity contribution is 5.80. The fraction of sp³-hybridized carbons (Fsp3) is 0.219. The second kappa shape index (κ2) is 10.4. The lowest BCUT2D eigenvalue weighted by atomic mass is 9.98. The number of hydrogen-bond acceptors (Lipinski definition) is 3. The zero-order valence-electron chi connectivity index (χ0n) is 20.6. The third-order valence-corrected chi connectivity index (χ3v) is 7.36. The third kappa shape index (κ3) is 4.77. The first kappa shape index (κ1) is 22.6. The minimum absolute atomic E-state index is 0.0856. The highest BCUT2D eigenvalue weighted by Crippen LogP contribution is 2.32. The Morgan fingerprint density at radius 1 is 0.667 bits per heavy atom. The summed E-state index contributed by atoms with van der Waals surface area (Å²) in [4.78, 5) is 9.89. The highest BCUT2D eigenvalue weighted by Gasteiger charge is 2.21. The van der Waals surface area contributed by atoms with E-state index in [-0.39, 0.29) is 6.04 Å². The van der Waals surface area contributed by atoms with E-state index in [0.29, 0.717) is 0 Å². The molecule has 4 heteroatoms. The van der Waals surface area contributed by atoms with Gasteiger partial charge in [-0.15, -0.1) is 0 Å². The van der Waals surface area contributed by atoms with Crippen molar-refractivity contribution in [2.75, 3.05) is 37.6 Å². The molecule has 4 nitrogen and oxygen atoms in total. The van der Waals surface area contributed by atoms with Crippen molar-refractivity contribution in [2.45, 2.75) is 12.5 Å². The maximum absolute atomic E-state index is 4.78. The van der Waals surface area contributed by atoms with E-state index in [1.165, 1.54) is 27.9 Å². The zero-order valence-corrected chi connectivity index (χ0v) is 20.6. The van der Waals surface area contributed by atoms with E-state index in [9.17, 15) is 0 Å². The zero-order chi connectivity index (χ0) is 24.2. The molecule has 0 saturated carbocycles. The summed E-state index contributed by atoms with van der Waals surface area (Å²) in [7, 11) is 0. The fourth-order valence-corrected chi connectivity index (χ4v) is 5.36. The summed E-state index contributed by atoms with van der Waals surface area (Å²) in [6.45, 7) is 5.42. The summed E-state index contributed by atoms with van der Waals surface area (Å²) in [5.41, 5.74) is 7.45. The first-order valence-corrected chi connectivity index (χ1v) is 12.9. The van der Waals surface area contributed by atoms with Gasteiger partial charge in [-0.05, 0) is 41.3 Å². The van der Waals surface area contributed by atoms with Crippen LogP contribution in [0.15, 0.2) is 116 Å². The predicted octanol–water partition coefficient (Wildman–Crippen LogP) is 6.04. The average Bonchev–Trinajstić information content (AvgIpc) is 3.37. The second-order valence-electron chi connectivity index (χ2n) is 9.61. The number of benzene rings is 4. The van der Waals surface area contributed by atoms with E-state index in [0.717, 1.165) is 44.7 Å². The maximum atomic E-state index is 4.78. The Morgan fingerprint density at radius 3 is 1.92 bits per heavy atom. The van der Waals surface area contributed by atoms with Gasteiger partial charge in [0.2, 0.25) is 0 Å². The molecule has 0 spiro atoms. The number of imidazole rings is 1. The van der Waals surface area contributed by atoms with Crippen molar-refractivity contribution < 1.29 is 0 Å². The largest absolute Gasteiger partial charge is 0.369 e. The number of fused-ring (bicyclic) bond motifs is 1. The molecule has 1 saturated heterocycles. The van der Waals surface area contributed by atoms with Gasteiger partial charge in [0.1, 0.15) is 0 Å². The SMILES string of the molecule is c1ccc(CCN2CCN(c3ccc4ncn(C(c5ccccc5)c5ccccc5)c4c3)CC2)cc1. The molecule has 1 aliphatic rings. The van der Waals surface area contributed by atoms with Crippen LogP contribution in [0.2, 0.25) is 0 Å². The van der Waals surface area contributed by atoms with Crippen molar-refractivity contribution in [3.63, 3.8) is 0 Å². The van der Waals surface area contributed by atoms with Crippen molar-refractivity contribution in [2.24, 2.45) is 0 Å². The summed E-state index contributed by atoms with van der Waals surface area (Å²) < 4.78 is 2.33. The molecule has 6 rings (SSSR count). The molecule has 4 aromatic carbocycles. The molecule has 0 N–H and O–H groups in total. The Labute approximate surface area is 213 Å². The first-order chi connectivity index (χ1) is 17.8. The minimum Gasteiger partial charge on any atom is -0.369 e. The molecule has 2 heterocycles. The van der Waals surface area contributed by atoms with Crippen molar-refractivity contribution >= 4 is 16.7 Å². The monoisotopic (exact) mass is 472 g/mol. The van der Waals surface area contributed by atoms with E-state index < -0.39 is 0 Å². The van der Waals surface area contributed by atoms with Gasteiger partial charge in [-0.25, -0.2) is 4.98 Å². The average molecular weight is 473 g/mol. The summed E-state index contributed by atoms with van der Waals surface area (Å²) >= 11 is 0. The molecule has 1 aromatic heterocycles. The van der Waals surface area contributed by atoms with Crippen molar-refractivity contribution in [3.8, 4) is 0 Å². The molecule has 180 valence electrons. The number of anilines is 1. The van der Waals surface area contributed by atoms with Gasteiger partial charge in [0.15, 0.2) is 0 Å². The number of piperazine rings is 1. The molecular formula is C32H32N4. The third-order valence-electron chi connectivity index (χ3n) is 7.36. The first-order valence-electron chi connectivity index (χ1n) is 12.9. The molecule has 1 fully saturated rings. The van der Waals surface area contributed by atoms with Gasteiger partial charge in [-0.3, -0.25) is 4.90 Å². The van der Waals surface area contributed by atoms with Crippen LogP contribution in [-0.4, -0.2) is 47.2 Å². The summed E-state index contributed by atoms with van der Waals surface area (Å²) in [6, 6.07) is 39.1. The number of nitrogens with zero attached hydrogens (tertiary/aromatic N) is 4. The van der Waals surface area contributed by atoms with Gasteiger partial charge in [0.25, 0.3) is 0 Å². The molecule has 1 aliphatic heterocycles. The van der Waals surface area contributed by atoms with Crippen molar-refractivity contribution in [1.82, 2.24) is 14.5 Å². The van der Waals surface area contributed by atoms with Crippen LogP contribution in [0.4, 0.5) is 5.69 Å². The maximum Gasteiger partial charge on any atom is 0.0966 e. The summed E-state index contributed by atoms with van der Waals surface area (Å²) in [5.74, 6) is 0. The van der Waals surface area contributed by atoms with Crippen LogP contribution in [0.1, 0.15) is 22.7 Å². The highest BCUT2D eigenvalue weighted by atomic mass is 15.3. The van der Waals surface area contributed by atoms with Crippen molar-refractivity contribution in [3.05, 3.63) is 132 Å². The van der Waals surface area contributed by atoms with Crippen LogP contribution < -0.4 is 4.90 Å². The lowest BCUT2D eigenvalue weighted by Crippen LogP contribution is -2.47. The predicted molar refractivity (Wildman–Crippen MR) is 149 cm³/mol. The number of rotatable bonds is 7. The second-order valence-corrected chi connectivity index (χ2v) is 9.61. The quantitative estimate of drug-likeness (QED) is 0.289. The van der Waals surface area contributed by atoms with Gasteiger partial charge in [-0.2, -0.15) is 0 Å². The Hall–Kier alpha value is -3.89. The van der Waals surface area contributed by atoms with Gasteiger partial charge in [0, 0.05) is 38.4 Å². The Kier molecular flexibility index (Phi) is 6.51. The van der Waals surface area contributed by atoms with Crippen LogP contribution in [0.5, 0.6) is 0 Å². The lowest BCUT2D eigenvalue weighted by Gasteiger charge is -2.36. The molecule has 5 aromatic rings. The number of hydrogen-bond donors (Lipinski definition) is 0. The lowest BCUT2D eigenvalue weighted by molar-refractivity contribution is 0.261. The normalized spacial score (nSPS) is 14.5. The van der Waals surface area contributed by atoms with Crippen LogP contribution in [0, 0.1) is 0 Å². The molecule has 36 heavy (non-hydrogen) atoms. The van der Waals surface area contributed by atoms with Crippen LogP contribution in [0.3, 0.4) is 0 Å². The van der Waals surface area contributed by atoms with Gasteiger partial charge in [-0.1, -0.05) is 91.0 Å². The van der Waals surface area contributed by atoms with Crippen molar-refractivity contribution in [1.29, 1.82) is 0 Å². The van der Waals surface area contributed by atoms with E-state index >= 15 is 0 Å². The Bertz CT molecular complexity index is 1350. The number of aromatic nitrogens is 2. The molecule has 0 unspecified atom stereocenters. The van der Waals surface area contributed by atoms with E-state index in [1.807, 2.05) is 6.33 Å². The van der Waals surface area contributed by atoms with Crippen LogP contribution >= 0.6 is 0 Å². The van der Waals surface area contributed by atoms with E-state index in [2.05, 4.69) is 124 Å². The molecular weight excluding hydrogens is 440 g/mol. The van der Waals surface area contributed by atoms with Gasteiger partial charge >= 0.3 is 0 Å². The standard InChI is InChI=1S/C32H32N4/c1-4-10-26(11-5-1)18-19-34-20-22-35(23-21-34)29-16-17-30-31(24-29)36(25-33-30)32(27-12-6-2-7-13-27)28-14-8-3-9-15-28/h1-17,24-25,32H,18-23H2. The summed E-state index contributed by atoms with van der Waals surface area (Å²) in [6.07, 6.45) is 3.12. The van der Waals surface area contributed by atoms with Gasteiger partial charge < -0.3 is 9.47 Å². The summed E-state index contributed by atoms with van der Waals surface area (Å²) in [5, 5.41) is 0. The molecule has 0 atom stereocenters. The van der Waals surface area contributed by atoms with E-state index in [1.54, 1.807) is 0 Å². The fourth-order valence-electron chi connectivity index (χ4n) is 5.36. The minimum atomic E-state index is 0.0856. The molecule has 0 bridgehead atoms. The van der Waals surface area contributed by atoms with Crippen LogP contribution in [-0.2, 0) is 6.42 Å². The van der Waals surface area contributed by atoms with E-state index in [4.69, 9.17) is 4.98 Å². The Balaban J connectivity index is 1.23. The van der Waals surface area contributed by atoms with Gasteiger partial charge in [0.05, 0.1) is 23.4 Å². The smallest absolute Gasteiger partial charge is 0.0966 e. The van der Waals surface area contributed by atoms with Crippen LogP contribution in [0.25, 0.3) is 11.0 Å². The topological polar surface area (TPSA) is 24.3 Å². The molecule has 0 amide bonds. The molecule has 0 aliphatic carbocycles.